The van der Waals surface area contributed by atoms with Crippen molar-refractivity contribution in [2.45, 2.75) is 39.1 Å². The Morgan fingerprint density at radius 3 is 2.21 bits per heavy atom. The maximum absolute atomic E-state index is 11.1. The van der Waals surface area contributed by atoms with Crippen LogP contribution in [-0.2, 0) is 33.3 Å². The van der Waals surface area contributed by atoms with Gasteiger partial charge in [0.1, 0.15) is 6.61 Å². The maximum atomic E-state index is 11.1. The Bertz CT molecular complexity index is 388. The van der Waals surface area contributed by atoms with Crippen molar-refractivity contribution < 1.29 is 33.3 Å². The average molecular weight is 272 g/mol. The van der Waals surface area contributed by atoms with Gasteiger partial charge in [0.25, 0.3) is 0 Å². The molecule has 0 aromatic carbocycles. The summed E-state index contributed by atoms with van der Waals surface area (Å²) in [6, 6.07) is 0. The third-order valence-corrected chi connectivity index (χ3v) is 2.27. The van der Waals surface area contributed by atoms with Crippen LogP contribution in [0.2, 0.25) is 0 Å². The van der Waals surface area contributed by atoms with Crippen molar-refractivity contribution in [1.29, 1.82) is 0 Å². The number of carbonyl (C=O) groups excluding carboxylic acids is 3. The summed E-state index contributed by atoms with van der Waals surface area (Å²) in [5.41, 5.74) is 0. The molecular weight excluding hydrogens is 256 g/mol. The first-order valence-corrected chi connectivity index (χ1v) is 5.70. The number of hydrogen-bond acceptors (Lipinski definition) is 7. The highest BCUT2D eigenvalue weighted by Gasteiger charge is 2.37. The Morgan fingerprint density at radius 2 is 1.68 bits per heavy atom. The highest BCUT2D eigenvalue weighted by molar-refractivity contribution is 5.68. The van der Waals surface area contributed by atoms with Gasteiger partial charge in [-0.3, -0.25) is 14.4 Å². The number of rotatable bonds is 4. The molecule has 0 aromatic rings. The van der Waals surface area contributed by atoms with Gasteiger partial charge in [0, 0.05) is 20.8 Å². The molecule has 0 fully saturated rings. The van der Waals surface area contributed by atoms with Crippen molar-refractivity contribution >= 4 is 17.9 Å². The molecule has 1 aliphatic heterocycles. The molecule has 0 aliphatic carbocycles. The summed E-state index contributed by atoms with van der Waals surface area (Å²) in [6.07, 6.45) is 0.435. The van der Waals surface area contributed by atoms with E-state index in [1.54, 1.807) is 0 Å². The Labute approximate surface area is 110 Å². The van der Waals surface area contributed by atoms with Crippen LogP contribution in [0.1, 0.15) is 20.8 Å². The average Bonchev–Trinajstić information content (AvgIpc) is 2.28. The second kappa shape index (κ2) is 6.77. The zero-order valence-electron chi connectivity index (χ0n) is 11.0. The Balaban J connectivity index is 2.77. The summed E-state index contributed by atoms with van der Waals surface area (Å²) in [5.74, 6) is -1.54. The second-order valence-electron chi connectivity index (χ2n) is 3.95. The lowest BCUT2D eigenvalue weighted by Crippen LogP contribution is -2.47. The van der Waals surface area contributed by atoms with Crippen LogP contribution in [0.3, 0.4) is 0 Å². The smallest absolute Gasteiger partial charge is 0.303 e. The molecule has 1 unspecified atom stereocenters. The largest absolute Gasteiger partial charge is 0.491 e. The van der Waals surface area contributed by atoms with Crippen LogP contribution in [0.4, 0.5) is 0 Å². The topological polar surface area (TPSA) is 88.1 Å². The standard InChI is InChI=1S/C12H16O7/c1-7(13)17-6-11-12(19-9(3)15)10(4-5-16-11)18-8(2)14/h4-5,10-12H,6H2,1-3H3/t10-,11?,12-/m0/s1. The van der Waals surface area contributed by atoms with Gasteiger partial charge in [0.15, 0.2) is 18.3 Å². The lowest BCUT2D eigenvalue weighted by Gasteiger charge is -2.32. The highest BCUT2D eigenvalue weighted by Crippen LogP contribution is 2.19. The molecule has 19 heavy (non-hydrogen) atoms. The minimum absolute atomic E-state index is 0.102. The zero-order chi connectivity index (χ0) is 14.4. The minimum Gasteiger partial charge on any atom is -0.491 e. The van der Waals surface area contributed by atoms with Gasteiger partial charge < -0.3 is 18.9 Å². The molecule has 106 valence electrons. The van der Waals surface area contributed by atoms with Crippen molar-refractivity contribution in [3.05, 3.63) is 12.3 Å². The van der Waals surface area contributed by atoms with Crippen LogP contribution in [0.5, 0.6) is 0 Å². The predicted molar refractivity (Wildman–Crippen MR) is 61.8 cm³/mol. The van der Waals surface area contributed by atoms with Crippen LogP contribution in [-0.4, -0.2) is 42.8 Å². The van der Waals surface area contributed by atoms with Crippen LogP contribution in [0, 0.1) is 0 Å². The molecule has 0 amide bonds. The summed E-state index contributed by atoms with van der Waals surface area (Å²) >= 11 is 0. The molecule has 0 spiro atoms. The van der Waals surface area contributed by atoms with Gasteiger partial charge in [-0.2, -0.15) is 0 Å². The van der Waals surface area contributed by atoms with E-state index in [9.17, 15) is 14.4 Å². The van der Waals surface area contributed by atoms with Crippen LogP contribution in [0.15, 0.2) is 12.3 Å². The van der Waals surface area contributed by atoms with Gasteiger partial charge in [-0.05, 0) is 6.08 Å². The molecule has 0 aromatic heterocycles. The molecule has 7 heteroatoms. The van der Waals surface area contributed by atoms with E-state index in [0.717, 1.165) is 0 Å². The van der Waals surface area contributed by atoms with E-state index in [1.807, 2.05) is 0 Å². The van der Waals surface area contributed by atoms with Gasteiger partial charge in [0.05, 0.1) is 6.26 Å². The second-order valence-corrected chi connectivity index (χ2v) is 3.95. The maximum Gasteiger partial charge on any atom is 0.303 e. The van der Waals surface area contributed by atoms with Crippen molar-refractivity contribution in [2.24, 2.45) is 0 Å². The quantitative estimate of drug-likeness (QED) is 0.538. The van der Waals surface area contributed by atoms with Gasteiger partial charge in [0.2, 0.25) is 0 Å². The number of carbonyl (C=O) groups is 3. The zero-order valence-corrected chi connectivity index (χ0v) is 11.0. The summed E-state index contributed by atoms with van der Waals surface area (Å²) in [5, 5.41) is 0. The van der Waals surface area contributed by atoms with Gasteiger partial charge in [-0.1, -0.05) is 0 Å². The van der Waals surface area contributed by atoms with Crippen LogP contribution < -0.4 is 0 Å². The summed E-state index contributed by atoms with van der Waals surface area (Å²) in [6.45, 7) is 3.62. The predicted octanol–water partition coefficient (Wildman–Crippen LogP) is 0.325. The molecule has 0 radical (unpaired) electrons. The first-order chi connectivity index (χ1) is 8.90. The molecule has 0 saturated carbocycles. The number of hydrogen-bond donors (Lipinski definition) is 0. The normalized spacial score (nSPS) is 25.1. The molecule has 0 N–H and O–H groups in total. The fraction of sp³-hybridized carbons (Fsp3) is 0.583. The Morgan fingerprint density at radius 1 is 1.05 bits per heavy atom. The minimum atomic E-state index is -0.856. The molecular formula is C12H16O7. The van der Waals surface area contributed by atoms with E-state index in [-0.39, 0.29) is 6.61 Å². The Hall–Kier alpha value is -2.05. The lowest BCUT2D eigenvalue weighted by molar-refractivity contribution is -0.178. The van der Waals surface area contributed by atoms with E-state index >= 15 is 0 Å². The first-order valence-electron chi connectivity index (χ1n) is 5.70. The van der Waals surface area contributed by atoms with Crippen LogP contribution in [0.25, 0.3) is 0 Å². The molecule has 0 bridgehead atoms. The number of esters is 3. The molecule has 1 aliphatic rings. The molecule has 7 nitrogen and oxygen atoms in total. The summed E-state index contributed by atoms with van der Waals surface area (Å²) in [7, 11) is 0. The molecule has 1 heterocycles. The van der Waals surface area contributed by atoms with Crippen molar-refractivity contribution in [3.63, 3.8) is 0 Å². The van der Waals surface area contributed by atoms with E-state index < -0.39 is 36.2 Å². The van der Waals surface area contributed by atoms with Crippen molar-refractivity contribution in [2.75, 3.05) is 6.61 Å². The molecule has 0 saturated heterocycles. The fourth-order valence-electron chi connectivity index (χ4n) is 1.59. The van der Waals surface area contributed by atoms with E-state index in [1.165, 1.54) is 33.1 Å². The Kier molecular flexibility index (Phi) is 5.35. The van der Waals surface area contributed by atoms with Gasteiger partial charge in [-0.25, -0.2) is 0 Å². The van der Waals surface area contributed by atoms with Crippen molar-refractivity contribution in [1.82, 2.24) is 0 Å². The van der Waals surface area contributed by atoms with Crippen molar-refractivity contribution in [3.8, 4) is 0 Å². The first kappa shape index (κ1) is 15.0. The van der Waals surface area contributed by atoms with Gasteiger partial charge in [-0.15, -0.1) is 0 Å². The SMILES string of the molecule is CC(=O)OCC1OC=C[C@H](OC(C)=O)[C@@H]1OC(C)=O. The number of ether oxygens (including phenoxy) is 4. The summed E-state index contributed by atoms with van der Waals surface area (Å²) < 4.78 is 20.1. The van der Waals surface area contributed by atoms with E-state index in [4.69, 9.17) is 18.9 Å². The molecule has 3 atom stereocenters. The highest BCUT2D eigenvalue weighted by atomic mass is 16.6. The lowest BCUT2D eigenvalue weighted by atomic mass is 10.1. The fourth-order valence-corrected chi connectivity index (χ4v) is 1.59. The monoisotopic (exact) mass is 272 g/mol. The summed E-state index contributed by atoms with van der Waals surface area (Å²) in [4.78, 5) is 32.9. The van der Waals surface area contributed by atoms with E-state index in [2.05, 4.69) is 0 Å². The molecule has 1 rings (SSSR count). The third kappa shape index (κ3) is 4.99. The third-order valence-electron chi connectivity index (χ3n) is 2.27. The van der Waals surface area contributed by atoms with E-state index in [0.29, 0.717) is 0 Å². The van der Waals surface area contributed by atoms with Gasteiger partial charge >= 0.3 is 17.9 Å². The van der Waals surface area contributed by atoms with Crippen LogP contribution >= 0.6 is 0 Å².